The van der Waals surface area contributed by atoms with Crippen LogP contribution in [0.1, 0.15) is 0 Å². The van der Waals surface area contributed by atoms with Gasteiger partial charge in [-0.15, -0.1) is 0 Å². The van der Waals surface area contributed by atoms with E-state index in [1.807, 2.05) is 0 Å². The maximum atomic E-state index is 12.1. The van der Waals surface area contributed by atoms with E-state index in [0.29, 0.717) is 41.0 Å². The van der Waals surface area contributed by atoms with Crippen LogP contribution < -0.4 is 26.4 Å². The average Bonchev–Trinajstić information content (AvgIpc) is 2.74. The van der Waals surface area contributed by atoms with Crippen LogP contribution in [0.15, 0.2) is 54.7 Å². The van der Waals surface area contributed by atoms with Gasteiger partial charge in [0.05, 0.1) is 19.9 Å². The van der Waals surface area contributed by atoms with E-state index < -0.39 is 0 Å². The molecule has 0 aliphatic rings. The van der Waals surface area contributed by atoms with Gasteiger partial charge in [-0.1, -0.05) is 0 Å². The van der Waals surface area contributed by atoms with Crippen molar-refractivity contribution in [3.05, 3.63) is 54.7 Å². The van der Waals surface area contributed by atoms with Crippen LogP contribution in [0.4, 0.5) is 27.7 Å². The molecule has 3 rings (SSSR count). The van der Waals surface area contributed by atoms with Crippen LogP contribution in [-0.4, -0.2) is 41.4 Å². The van der Waals surface area contributed by atoms with E-state index in [1.165, 1.54) is 7.11 Å². The number of nitrogen functional groups attached to an aromatic ring is 1. The number of nitrogens with one attached hydrogen (secondary N) is 3. The number of benzene rings is 2. The van der Waals surface area contributed by atoms with E-state index in [9.17, 15) is 4.79 Å². The molecular weight excluding hydrogens is 372 g/mol. The van der Waals surface area contributed by atoms with Crippen molar-refractivity contribution in [3.8, 4) is 17.1 Å². The Morgan fingerprint density at radius 2 is 1.69 bits per heavy atom. The fourth-order valence-electron chi connectivity index (χ4n) is 2.52. The van der Waals surface area contributed by atoms with Gasteiger partial charge in [0, 0.05) is 29.2 Å². The molecule has 0 spiro atoms. The Morgan fingerprint density at radius 3 is 2.28 bits per heavy atom. The van der Waals surface area contributed by atoms with E-state index in [2.05, 4.69) is 25.9 Å². The van der Waals surface area contributed by atoms with Crippen LogP contribution >= 0.6 is 0 Å². The summed E-state index contributed by atoms with van der Waals surface area (Å²) >= 11 is 0. The number of aliphatic hydroxyl groups excluding tert-OH is 1. The molecule has 0 saturated carbocycles. The number of carbonyl (C=O) groups excluding carboxylic acids is 1. The highest BCUT2D eigenvalue weighted by atomic mass is 16.5. The van der Waals surface area contributed by atoms with Gasteiger partial charge in [-0.05, 0) is 48.5 Å². The number of ether oxygens (including phenoxy) is 1. The number of urea groups is 1. The Morgan fingerprint density at radius 1 is 1.07 bits per heavy atom. The predicted octanol–water partition coefficient (Wildman–Crippen LogP) is 2.78. The Kier molecular flexibility index (Phi) is 6.43. The number of hydrogen-bond donors (Lipinski definition) is 5. The van der Waals surface area contributed by atoms with Gasteiger partial charge in [0.1, 0.15) is 0 Å². The molecule has 9 nitrogen and oxygen atoms in total. The second-order valence-corrected chi connectivity index (χ2v) is 6.04. The van der Waals surface area contributed by atoms with Crippen LogP contribution in [-0.2, 0) is 0 Å². The zero-order valence-electron chi connectivity index (χ0n) is 15.8. The van der Waals surface area contributed by atoms with Crippen LogP contribution in [0.5, 0.6) is 5.75 Å². The average molecular weight is 394 g/mol. The summed E-state index contributed by atoms with van der Waals surface area (Å²) in [6.07, 6.45) is 1.56. The lowest BCUT2D eigenvalue weighted by Crippen LogP contribution is -2.19. The Hall–Kier alpha value is -3.85. The third-order valence-corrected chi connectivity index (χ3v) is 3.95. The zero-order chi connectivity index (χ0) is 20.6. The van der Waals surface area contributed by atoms with Crippen LogP contribution in [0.3, 0.4) is 0 Å². The molecule has 2 aromatic carbocycles. The van der Waals surface area contributed by atoms with Crippen LogP contribution in [0, 0.1) is 0 Å². The quantitative estimate of drug-likeness (QED) is 0.389. The van der Waals surface area contributed by atoms with Crippen molar-refractivity contribution in [2.45, 2.75) is 0 Å². The third kappa shape index (κ3) is 5.33. The molecular formula is C20H22N6O3. The molecule has 0 bridgehead atoms. The highest BCUT2D eigenvalue weighted by Gasteiger charge is 2.10. The number of hydrogen-bond acceptors (Lipinski definition) is 7. The van der Waals surface area contributed by atoms with Crippen molar-refractivity contribution in [1.82, 2.24) is 9.97 Å². The van der Waals surface area contributed by atoms with Gasteiger partial charge < -0.3 is 31.5 Å². The lowest BCUT2D eigenvalue weighted by molar-refractivity contribution is 0.262. The molecule has 6 N–H and O–H groups in total. The summed E-state index contributed by atoms with van der Waals surface area (Å²) in [6, 6.07) is 13.6. The SMILES string of the molecule is COc1cnc(-c2ccc(NC(=O)Nc3ccc(N)cc3)cc2)nc1NCCO. The zero-order valence-corrected chi connectivity index (χ0v) is 15.8. The summed E-state index contributed by atoms with van der Waals surface area (Å²) in [5, 5.41) is 17.5. The van der Waals surface area contributed by atoms with Crippen molar-refractivity contribution >= 4 is 28.9 Å². The molecule has 0 unspecified atom stereocenters. The monoisotopic (exact) mass is 394 g/mol. The highest BCUT2D eigenvalue weighted by molar-refractivity contribution is 5.99. The Bertz CT molecular complexity index is 961. The molecule has 0 atom stereocenters. The summed E-state index contributed by atoms with van der Waals surface area (Å²) in [4.78, 5) is 20.8. The Balaban J connectivity index is 1.68. The van der Waals surface area contributed by atoms with Crippen molar-refractivity contribution < 1.29 is 14.6 Å². The second kappa shape index (κ2) is 9.38. The number of nitrogens with two attached hydrogens (primary N) is 1. The maximum Gasteiger partial charge on any atom is 0.323 e. The first-order chi connectivity index (χ1) is 14.1. The molecule has 1 aromatic heterocycles. The minimum atomic E-state index is -0.362. The summed E-state index contributed by atoms with van der Waals surface area (Å²) in [5.74, 6) is 1.47. The number of nitrogens with zero attached hydrogens (tertiary/aromatic N) is 2. The molecule has 29 heavy (non-hydrogen) atoms. The topological polar surface area (TPSA) is 134 Å². The first-order valence-corrected chi connectivity index (χ1v) is 8.89. The van der Waals surface area contributed by atoms with Crippen LogP contribution in [0.2, 0.25) is 0 Å². The molecule has 0 aliphatic heterocycles. The fraction of sp³-hybridized carbons (Fsp3) is 0.150. The van der Waals surface area contributed by atoms with Gasteiger partial charge in [0.2, 0.25) is 0 Å². The lowest BCUT2D eigenvalue weighted by Gasteiger charge is -2.11. The van der Waals surface area contributed by atoms with Gasteiger partial charge >= 0.3 is 6.03 Å². The van der Waals surface area contributed by atoms with Crippen molar-refractivity contribution in [3.63, 3.8) is 0 Å². The van der Waals surface area contributed by atoms with Gasteiger partial charge in [-0.25, -0.2) is 14.8 Å². The van der Waals surface area contributed by atoms with Gasteiger partial charge in [-0.2, -0.15) is 0 Å². The molecule has 150 valence electrons. The molecule has 0 radical (unpaired) electrons. The van der Waals surface area contributed by atoms with E-state index in [0.717, 1.165) is 5.56 Å². The summed E-state index contributed by atoms with van der Waals surface area (Å²) in [5.41, 5.74) is 8.29. The van der Waals surface area contributed by atoms with Gasteiger partial charge in [-0.3, -0.25) is 0 Å². The van der Waals surface area contributed by atoms with E-state index in [1.54, 1.807) is 54.7 Å². The molecule has 3 aromatic rings. The number of carbonyl (C=O) groups is 1. The first kappa shape index (κ1) is 19.9. The number of anilines is 4. The van der Waals surface area contributed by atoms with Gasteiger partial charge in [0.15, 0.2) is 17.4 Å². The number of rotatable bonds is 7. The normalized spacial score (nSPS) is 10.3. The number of aromatic nitrogens is 2. The third-order valence-electron chi connectivity index (χ3n) is 3.95. The standard InChI is InChI=1S/C20H22N6O3/c1-29-17-12-23-18(26-19(17)22-10-11-27)13-2-6-15(7-3-13)24-20(28)25-16-8-4-14(21)5-9-16/h2-9,12,27H,10-11,21H2,1H3,(H,22,23,26)(H2,24,25,28). The first-order valence-electron chi connectivity index (χ1n) is 8.89. The number of aliphatic hydroxyl groups is 1. The molecule has 9 heteroatoms. The molecule has 1 heterocycles. The van der Waals surface area contributed by atoms with E-state index in [4.69, 9.17) is 15.6 Å². The predicted molar refractivity (Wildman–Crippen MR) is 113 cm³/mol. The van der Waals surface area contributed by atoms with Crippen LogP contribution in [0.25, 0.3) is 11.4 Å². The van der Waals surface area contributed by atoms with E-state index >= 15 is 0 Å². The number of methoxy groups -OCH3 is 1. The smallest absolute Gasteiger partial charge is 0.323 e. The van der Waals surface area contributed by atoms with Crippen molar-refractivity contribution in [2.75, 3.05) is 41.9 Å². The van der Waals surface area contributed by atoms with E-state index in [-0.39, 0.29) is 12.6 Å². The minimum Gasteiger partial charge on any atom is -0.491 e. The summed E-state index contributed by atoms with van der Waals surface area (Å²) < 4.78 is 5.22. The highest BCUT2D eigenvalue weighted by Crippen LogP contribution is 2.25. The lowest BCUT2D eigenvalue weighted by atomic mass is 10.2. The molecule has 2 amide bonds. The van der Waals surface area contributed by atoms with Crippen molar-refractivity contribution in [2.24, 2.45) is 0 Å². The van der Waals surface area contributed by atoms with Crippen molar-refractivity contribution in [1.29, 1.82) is 0 Å². The summed E-state index contributed by atoms with van der Waals surface area (Å²) in [6.45, 7) is 0.320. The maximum absolute atomic E-state index is 12.1. The number of amides is 2. The largest absolute Gasteiger partial charge is 0.491 e. The van der Waals surface area contributed by atoms with Gasteiger partial charge in [0.25, 0.3) is 0 Å². The Labute approximate surface area is 168 Å². The summed E-state index contributed by atoms with van der Waals surface area (Å²) in [7, 11) is 1.53. The fourth-order valence-corrected chi connectivity index (χ4v) is 2.52. The second-order valence-electron chi connectivity index (χ2n) is 6.04. The molecule has 0 aliphatic carbocycles. The molecule has 0 fully saturated rings. The minimum absolute atomic E-state index is 0.0265. The molecule has 0 saturated heterocycles.